The summed E-state index contributed by atoms with van der Waals surface area (Å²) in [5.41, 5.74) is -0.211. The SMILES string of the molecule is CC[C@@H](C=O)O[Si](C)(C)OC(C)(C)C. The second kappa shape index (κ2) is 5.05. The molecule has 0 aromatic heterocycles. The molecule has 0 aromatic carbocycles. The second-order valence-corrected chi connectivity index (χ2v) is 8.05. The third-order valence-corrected chi connectivity index (χ3v) is 3.52. The summed E-state index contributed by atoms with van der Waals surface area (Å²) < 4.78 is 11.5. The average Bonchev–Trinajstić information content (AvgIpc) is 1.95. The summed E-state index contributed by atoms with van der Waals surface area (Å²) in [6.45, 7) is 11.8. The normalized spacial score (nSPS) is 15.3. The fourth-order valence-electron chi connectivity index (χ4n) is 1.33. The summed E-state index contributed by atoms with van der Waals surface area (Å²) in [5, 5.41) is 0. The molecule has 3 nitrogen and oxygen atoms in total. The van der Waals surface area contributed by atoms with Crippen molar-refractivity contribution in [3.05, 3.63) is 0 Å². The first-order chi connectivity index (χ1) is 6.20. The Labute approximate surface area is 88.0 Å². The van der Waals surface area contributed by atoms with Crippen molar-refractivity contribution in [1.29, 1.82) is 0 Å². The van der Waals surface area contributed by atoms with Crippen molar-refractivity contribution < 1.29 is 13.6 Å². The maximum Gasteiger partial charge on any atom is 0.332 e. The first kappa shape index (κ1) is 13.8. The van der Waals surface area contributed by atoms with Crippen LogP contribution in [0.3, 0.4) is 0 Å². The number of rotatable bonds is 5. The molecule has 0 aliphatic heterocycles. The number of carbonyl (C=O) groups is 1. The van der Waals surface area contributed by atoms with Crippen molar-refractivity contribution >= 4 is 14.8 Å². The Morgan fingerprint density at radius 3 is 2.14 bits per heavy atom. The quantitative estimate of drug-likeness (QED) is 0.525. The van der Waals surface area contributed by atoms with Crippen molar-refractivity contribution in [3.8, 4) is 0 Å². The smallest absolute Gasteiger partial charge is 0.332 e. The molecule has 0 aliphatic carbocycles. The summed E-state index contributed by atoms with van der Waals surface area (Å²) in [4.78, 5) is 10.6. The van der Waals surface area contributed by atoms with Gasteiger partial charge in [-0.3, -0.25) is 0 Å². The summed E-state index contributed by atoms with van der Waals surface area (Å²) in [6, 6.07) is 0. The maximum atomic E-state index is 10.6. The fourth-order valence-corrected chi connectivity index (χ4v) is 3.81. The molecule has 0 bridgehead atoms. The summed E-state index contributed by atoms with van der Waals surface area (Å²) in [6.07, 6.45) is 1.23. The minimum absolute atomic E-state index is 0.211. The van der Waals surface area contributed by atoms with Crippen LogP contribution in [0.4, 0.5) is 0 Å². The van der Waals surface area contributed by atoms with Gasteiger partial charge in [-0.2, -0.15) is 0 Å². The van der Waals surface area contributed by atoms with E-state index in [1.54, 1.807) is 0 Å². The minimum atomic E-state index is -2.18. The molecule has 0 fully saturated rings. The second-order valence-electron chi connectivity index (χ2n) is 4.81. The molecule has 1 atom stereocenters. The minimum Gasteiger partial charge on any atom is -0.390 e. The predicted octanol–water partition coefficient (Wildman–Crippen LogP) is 2.50. The lowest BCUT2D eigenvalue weighted by atomic mass is 10.2. The van der Waals surface area contributed by atoms with Gasteiger partial charge in [-0.1, -0.05) is 6.92 Å². The molecule has 0 saturated heterocycles. The van der Waals surface area contributed by atoms with E-state index in [0.29, 0.717) is 6.42 Å². The van der Waals surface area contributed by atoms with Gasteiger partial charge in [0.15, 0.2) is 0 Å². The van der Waals surface area contributed by atoms with Crippen LogP contribution in [0.15, 0.2) is 0 Å². The molecular formula is C10H22O3Si. The number of aldehydes is 1. The largest absolute Gasteiger partial charge is 0.390 e. The topological polar surface area (TPSA) is 35.5 Å². The molecule has 0 amide bonds. The number of hydrogen-bond acceptors (Lipinski definition) is 3. The Morgan fingerprint density at radius 1 is 1.36 bits per heavy atom. The Morgan fingerprint density at radius 2 is 1.86 bits per heavy atom. The van der Waals surface area contributed by atoms with Gasteiger partial charge < -0.3 is 13.6 Å². The van der Waals surface area contributed by atoms with E-state index in [1.807, 2.05) is 40.8 Å². The van der Waals surface area contributed by atoms with E-state index >= 15 is 0 Å². The monoisotopic (exact) mass is 218 g/mol. The van der Waals surface area contributed by atoms with Crippen LogP contribution >= 0.6 is 0 Å². The number of carbonyl (C=O) groups excluding carboxylic acids is 1. The third-order valence-electron chi connectivity index (χ3n) is 1.54. The molecule has 0 heterocycles. The van der Waals surface area contributed by atoms with Gasteiger partial charge in [0.05, 0.1) is 5.60 Å². The van der Waals surface area contributed by atoms with Crippen molar-refractivity contribution in [1.82, 2.24) is 0 Å². The molecule has 0 unspecified atom stereocenters. The first-order valence-electron chi connectivity index (χ1n) is 5.03. The van der Waals surface area contributed by atoms with Gasteiger partial charge in [-0.05, 0) is 40.3 Å². The van der Waals surface area contributed by atoms with E-state index in [0.717, 1.165) is 6.29 Å². The van der Waals surface area contributed by atoms with E-state index in [1.165, 1.54) is 0 Å². The third kappa shape index (κ3) is 6.29. The summed E-state index contributed by atoms with van der Waals surface area (Å²) in [5.74, 6) is 0. The van der Waals surface area contributed by atoms with Crippen LogP contribution in [-0.4, -0.2) is 26.6 Å². The Kier molecular flexibility index (Phi) is 4.98. The van der Waals surface area contributed by atoms with Gasteiger partial charge >= 0.3 is 8.56 Å². The predicted molar refractivity (Wildman–Crippen MR) is 59.5 cm³/mol. The highest BCUT2D eigenvalue weighted by atomic mass is 28.4. The molecule has 0 aliphatic rings. The van der Waals surface area contributed by atoms with Crippen LogP contribution in [0, 0.1) is 0 Å². The van der Waals surface area contributed by atoms with Crippen molar-refractivity contribution in [2.45, 2.75) is 58.9 Å². The molecule has 0 N–H and O–H groups in total. The van der Waals surface area contributed by atoms with E-state index in [9.17, 15) is 4.79 Å². The lowest BCUT2D eigenvalue weighted by Gasteiger charge is -2.33. The van der Waals surface area contributed by atoms with Gasteiger partial charge in [-0.15, -0.1) is 0 Å². The van der Waals surface area contributed by atoms with Crippen LogP contribution in [-0.2, 0) is 13.6 Å². The Bertz CT molecular complexity index is 184. The van der Waals surface area contributed by atoms with E-state index < -0.39 is 8.56 Å². The molecule has 0 saturated carbocycles. The van der Waals surface area contributed by atoms with Gasteiger partial charge in [0.25, 0.3) is 0 Å². The van der Waals surface area contributed by atoms with Gasteiger partial charge in [0.1, 0.15) is 12.4 Å². The standard InChI is InChI=1S/C10H22O3Si/c1-7-9(8-11)12-14(5,6)13-10(2,3)4/h8-9H,7H2,1-6H3/t9-/m0/s1. The van der Waals surface area contributed by atoms with Gasteiger partial charge in [0.2, 0.25) is 0 Å². The average molecular weight is 218 g/mol. The van der Waals surface area contributed by atoms with E-state index in [-0.39, 0.29) is 11.7 Å². The molecule has 0 spiro atoms. The maximum absolute atomic E-state index is 10.6. The Hall–Kier alpha value is -0.193. The lowest BCUT2D eigenvalue weighted by Crippen LogP contribution is -2.45. The van der Waals surface area contributed by atoms with Crippen LogP contribution in [0.2, 0.25) is 13.1 Å². The van der Waals surface area contributed by atoms with Crippen molar-refractivity contribution in [3.63, 3.8) is 0 Å². The van der Waals surface area contributed by atoms with Crippen LogP contribution in [0.5, 0.6) is 0 Å². The summed E-state index contributed by atoms with van der Waals surface area (Å²) >= 11 is 0. The molecule has 84 valence electrons. The van der Waals surface area contributed by atoms with Crippen LogP contribution in [0.25, 0.3) is 0 Å². The highest BCUT2D eigenvalue weighted by Gasteiger charge is 2.32. The molecule has 4 heteroatoms. The zero-order valence-corrected chi connectivity index (χ0v) is 11.1. The zero-order chi connectivity index (χ0) is 11.4. The van der Waals surface area contributed by atoms with Crippen molar-refractivity contribution in [2.24, 2.45) is 0 Å². The molecule has 0 aromatic rings. The highest BCUT2D eigenvalue weighted by molar-refractivity contribution is 6.64. The van der Waals surface area contributed by atoms with Crippen molar-refractivity contribution in [2.75, 3.05) is 0 Å². The highest BCUT2D eigenvalue weighted by Crippen LogP contribution is 2.19. The van der Waals surface area contributed by atoms with Gasteiger partial charge in [-0.25, -0.2) is 0 Å². The zero-order valence-electron chi connectivity index (χ0n) is 10.1. The van der Waals surface area contributed by atoms with Crippen LogP contribution in [0.1, 0.15) is 34.1 Å². The van der Waals surface area contributed by atoms with E-state index in [4.69, 9.17) is 8.85 Å². The molecule has 0 rings (SSSR count). The van der Waals surface area contributed by atoms with E-state index in [2.05, 4.69) is 0 Å². The molecule has 0 radical (unpaired) electrons. The number of hydrogen-bond donors (Lipinski definition) is 0. The Balaban J connectivity index is 4.25. The molecule has 14 heavy (non-hydrogen) atoms. The fraction of sp³-hybridized carbons (Fsp3) is 0.900. The lowest BCUT2D eigenvalue weighted by molar-refractivity contribution is -0.115. The van der Waals surface area contributed by atoms with Crippen LogP contribution < -0.4 is 0 Å². The first-order valence-corrected chi connectivity index (χ1v) is 7.85. The molecular weight excluding hydrogens is 196 g/mol. The summed E-state index contributed by atoms with van der Waals surface area (Å²) in [7, 11) is -2.18. The van der Waals surface area contributed by atoms with Gasteiger partial charge in [0, 0.05) is 0 Å².